The SMILES string of the molecule is CCOc1ccc(/C=C/C(=O)Nc2cccc(-c3nnc4ccccn34)c2)cc1. The van der Waals surface area contributed by atoms with Crippen LogP contribution in [0.15, 0.2) is 79.0 Å². The van der Waals surface area contributed by atoms with Gasteiger partial charge in [0.05, 0.1) is 6.61 Å². The molecule has 0 saturated carbocycles. The van der Waals surface area contributed by atoms with E-state index in [0.29, 0.717) is 12.3 Å². The van der Waals surface area contributed by atoms with Gasteiger partial charge < -0.3 is 10.1 Å². The van der Waals surface area contributed by atoms with Crippen molar-refractivity contribution >= 4 is 23.3 Å². The van der Waals surface area contributed by atoms with Gasteiger partial charge in [-0.3, -0.25) is 9.20 Å². The van der Waals surface area contributed by atoms with Crippen molar-refractivity contribution in [1.82, 2.24) is 14.6 Å². The quantitative estimate of drug-likeness (QED) is 0.499. The molecule has 0 fully saturated rings. The van der Waals surface area contributed by atoms with E-state index in [4.69, 9.17) is 4.74 Å². The summed E-state index contributed by atoms with van der Waals surface area (Å²) < 4.78 is 7.33. The second-order valence-electron chi connectivity index (χ2n) is 6.36. The van der Waals surface area contributed by atoms with Crippen LogP contribution in [0.1, 0.15) is 12.5 Å². The van der Waals surface area contributed by atoms with E-state index in [9.17, 15) is 4.79 Å². The average Bonchev–Trinajstić information content (AvgIpc) is 3.18. The van der Waals surface area contributed by atoms with Crippen LogP contribution in [0.5, 0.6) is 5.75 Å². The number of benzene rings is 2. The van der Waals surface area contributed by atoms with E-state index in [2.05, 4.69) is 15.5 Å². The molecular weight excluding hydrogens is 364 g/mol. The number of aromatic nitrogens is 3. The van der Waals surface area contributed by atoms with Crippen LogP contribution in [0.3, 0.4) is 0 Å². The fourth-order valence-electron chi connectivity index (χ4n) is 2.97. The monoisotopic (exact) mass is 384 g/mol. The van der Waals surface area contributed by atoms with Gasteiger partial charge in [-0.1, -0.05) is 30.3 Å². The van der Waals surface area contributed by atoms with Crippen molar-refractivity contribution in [1.29, 1.82) is 0 Å². The van der Waals surface area contributed by atoms with Gasteiger partial charge in [-0.2, -0.15) is 0 Å². The van der Waals surface area contributed by atoms with Crippen molar-refractivity contribution in [3.05, 3.63) is 84.6 Å². The van der Waals surface area contributed by atoms with Crippen LogP contribution in [-0.2, 0) is 4.79 Å². The third kappa shape index (κ3) is 4.32. The van der Waals surface area contributed by atoms with Gasteiger partial charge in [0, 0.05) is 23.5 Å². The van der Waals surface area contributed by atoms with Gasteiger partial charge in [-0.05, 0) is 55.0 Å². The number of ether oxygens (including phenoxy) is 1. The minimum atomic E-state index is -0.206. The summed E-state index contributed by atoms with van der Waals surface area (Å²) in [5, 5.41) is 11.3. The molecule has 0 bridgehead atoms. The fourth-order valence-corrected chi connectivity index (χ4v) is 2.97. The van der Waals surface area contributed by atoms with E-state index >= 15 is 0 Å². The van der Waals surface area contributed by atoms with Gasteiger partial charge in [0.1, 0.15) is 5.75 Å². The average molecular weight is 384 g/mol. The molecule has 144 valence electrons. The summed E-state index contributed by atoms with van der Waals surface area (Å²) in [6.07, 6.45) is 5.19. The number of amides is 1. The Hall–Kier alpha value is -3.93. The van der Waals surface area contributed by atoms with Crippen LogP contribution in [0, 0.1) is 0 Å². The molecular formula is C23H20N4O2. The molecule has 0 aliphatic heterocycles. The molecule has 0 atom stereocenters. The molecule has 0 aliphatic carbocycles. The highest BCUT2D eigenvalue weighted by Crippen LogP contribution is 2.22. The Morgan fingerprint density at radius 3 is 2.76 bits per heavy atom. The van der Waals surface area contributed by atoms with Crippen LogP contribution in [0.4, 0.5) is 5.69 Å². The van der Waals surface area contributed by atoms with E-state index < -0.39 is 0 Å². The number of carbonyl (C=O) groups is 1. The van der Waals surface area contributed by atoms with Crippen molar-refractivity contribution in [2.45, 2.75) is 6.92 Å². The van der Waals surface area contributed by atoms with Crippen molar-refractivity contribution < 1.29 is 9.53 Å². The molecule has 6 nitrogen and oxygen atoms in total. The zero-order chi connectivity index (χ0) is 20.1. The first kappa shape index (κ1) is 18.4. The maximum Gasteiger partial charge on any atom is 0.248 e. The van der Waals surface area contributed by atoms with Crippen LogP contribution in [0.2, 0.25) is 0 Å². The van der Waals surface area contributed by atoms with Crippen LogP contribution in [0.25, 0.3) is 23.1 Å². The summed E-state index contributed by atoms with van der Waals surface area (Å²) in [4.78, 5) is 12.3. The lowest BCUT2D eigenvalue weighted by molar-refractivity contribution is -0.111. The lowest BCUT2D eigenvalue weighted by atomic mass is 10.2. The standard InChI is InChI=1S/C23H20N4O2/c1-2-29-20-12-9-17(10-13-20)11-14-22(28)24-19-7-5-6-18(16-19)23-26-25-21-8-3-4-15-27(21)23/h3-16H,2H2,1H3,(H,24,28)/b14-11+. The number of fused-ring (bicyclic) bond motifs is 1. The van der Waals surface area contributed by atoms with Crippen molar-refractivity contribution in [2.75, 3.05) is 11.9 Å². The normalized spacial score (nSPS) is 11.1. The molecule has 0 saturated heterocycles. The number of nitrogens with one attached hydrogen (secondary N) is 1. The summed E-state index contributed by atoms with van der Waals surface area (Å²) in [6, 6.07) is 20.9. The fraction of sp³-hybridized carbons (Fsp3) is 0.0870. The second kappa shape index (κ2) is 8.39. The van der Waals surface area contributed by atoms with Gasteiger partial charge in [0.25, 0.3) is 0 Å². The van der Waals surface area contributed by atoms with Crippen molar-refractivity contribution in [3.63, 3.8) is 0 Å². The molecule has 0 aliphatic rings. The zero-order valence-corrected chi connectivity index (χ0v) is 15.9. The number of rotatable bonds is 6. The molecule has 2 aromatic heterocycles. The maximum atomic E-state index is 12.3. The van der Waals surface area contributed by atoms with Gasteiger partial charge in [0.2, 0.25) is 5.91 Å². The number of pyridine rings is 1. The van der Waals surface area contributed by atoms with Crippen molar-refractivity contribution in [3.8, 4) is 17.1 Å². The summed E-state index contributed by atoms with van der Waals surface area (Å²) in [6.45, 7) is 2.57. The smallest absolute Gasteiger partial charge is 0.248 e. The minimum Gasteiger partial charge on any atom is -0.494 e. The Balaban J connectivity index is 1.47. The Labute approximate surface area is 168 Å². The van der Waals surface area contributed by atoms with Crippen molar-refractivity contribution in [2.24, 2.45) is 0 Å². The summed E-state index contributed by atoms with van der Waals surface area (Å²) in [7, 11) is 0. The first-order valence-electron chi connectivity index (χ1n) is 9.35. The number of hydrogen-bond donors (Lipinski definition) is 1. The molecule has 1 amide bonds. The maximum absolute atomic E-state index is 12.3. The molecule has 4 rings (SSSR count). The first-order valence-corrected chi connectivity index (χ1v) is 9.35. The molecule has 0 spiro atoms. The molecule has 0 unspecified atom stereocenters. The number of hydrogen-bond acceptors (Lipinski definition) is 4. The molecule has 0 radical (unpaired) electrons. The van der Waals surface area contributed by atoms with Gasteiger partial charge >= 0.3 is 0 Å². The van der Waals surface area contributed by atoms with E-state index in [-0.39, 0.29) is 5.91 Å². The van der Waals surface area contributed by atoms with E-state index in [1.165, 1.54) is 6.08 Å². The van der Waals surface area contributed by atoms with E-state index in [1.807, 2.05) is 84.3 Å². The van der Waals surface area contributed by atoms with Gasteiger partial charge in [-0.25, -0.2) is 0 Å². The highest BCUT2D eigenvalue weighted by atomic mass is 16.5. The Kier molecular flexibility index (Phi) is 5.33. The second-order valence-corrected chi connectivity index (χ2v) is 6.36. The molecule has 1 N–H and O–H groups in total. The summed E-state index contributed by atoms with van der Waals surface area (Å²) >= 11 is 0. The predicted molar refractivity (Wildman–Crippen MR) is 114 cm³/mol. The summed E-state index contributed by atoms with van der Waals surface area (Å²) in [5.41, 5.74) is 3.26. The topological polar surface area (TPSA) is 68.5 Å². The molecule has 4 aromatic rings. The highest BCUT2D eigenvalue weighted by molar-refractivity contribution is 6.02. The number of anilines is 1. The Morgan fingerprint density at radius 2 is 1.93 bits per heavy atom. The van der Waals surface area contributed by atoms with Crippen LogP contribution >= 0.6 is 0 Å². The van der Waals surface area contributed by atoms with Gasteiger partial charge in [0.15, 0.2) is 11.5 Å². The molecule has 6 heteroatoms. The zero-order valence-electron chi connectivity index (χ0n) is 15.9. The Bertz CT molecular complexity index is 1160. The third-order valence-corrected chi connectivity index (χ3v) is 4.32. The third-order valence-electron chi connectivity index (χ3n) is 4.32. The summed E-state index contributed by atoms with van der Waals surface area (Å²) in [5.74, 6) is 1.33. The largest absolute Gasteiger partial charge is 0.494 e. The van der Waals surface area contributed by atoms with Crippen LogP contribution < -0.4 is 10.1 Å². The number of carbonyl (C=O) groups excluding carboxylic acids is 1. The van der Waals surface area contributed by atoms with Gasteiger partial charge in [-0.15, -0.1) is 10.2 Å². The van der Waals surface area contributed by atoms with E-state index in [0.717, 1.165) is 28.3 Å². The Morgan fingerprint density at radius 1 is 1.07 bits per heavy atom. The minimum absolute atomic E-state index is 0.206. The molecule has 2 aromatic carbocycles. The lowest BCUT2D eigenvalue weighted by Gasteiger charge is -2.05. The number of nitrogens with zero attached hydrogens (tertiary/aromatic N) is 3. The molecule has 2 heterocycles. The highest BCUT2D eigenvalue weighted by Gasteiger charge is 2.08. The lowest BCUT2D eigenvalue weighted by Crippen LogP contribution is -2.07. The predicted octanol–water partition coefficient (Wildman–Crippen LogP) is 4.45. The molecule has 29 heavy (non-hydrogen) atoms. The first-order chi connectivity index (χ1) is 14.2. The van der Waals surface area contributed by atoms with E-state index in [1.54, 1.807) is 6.08 Å². The van der Waals surface area contributed by atoms with Crippen LogP contribution in [-0.4, -0.2) is 27.1 Å².